The molecule has 0 spiro atoms. The second-order valence-corrected chi connectivity index (χ2v) is 4.49. The summed E-state index contributed by atoms with van der Waals surface area (Å²) in [4.78, 5) is 6.28. The lowest BCUT2D eigenvalue weighted by Crippen LogP contribution is -2.43. The van der Waals surface area contributed by atoms with Crippen LogP contribution >= 0.6 is 0 Å². The van der Waals surface area contributed by atoms with Crippen LogP contribution in [0.4, 0.5) is 19.0 Å². The smallest absolute Gasteiger partial charge is 0.390 e. The minimum absolute atomic E-state index is 0.163. The minimum Gasteiger partial charge on any atom is -0.390 e. The second-order valence-electron chi connectivity index (χ2n) is 4.49. The van der Waals surface area contributed by atoms with Crippen LogP contribution in [0.1, 0.15) is 39.3 Å². The van der Waals surface area contributed by atoms with Crippen LogP contribution in [-0.2, 0) is 10.9 Å². The molecule has 0 amide bonds. The van der Waals surface area contributed by atoms with Crippen molar-refractivity contribution in [3.8, 4) is 0 Å². The number of alkyl halides is 3. The quantitative estimate of drug-likeness (QED) is 0.723. The molecule has 1 fully saturated rings. The summed E-state index contributed by atoms with van der Waals surface area (Å²) in [6, 6.07) is 0. The van der Waals surface area contributed by atoms with Gasteiger partial charge in [0, 0.05) is 6.61 Å². The van der Waals surface area contributed by atoms with Crippen LogP contribution < -0.4 is 5.73 Å². The highest BCUT2D eigenvalue weighted by Gasteiger charge is 2.33. The fourth-order valence-corrected chi connectivity index (χ4v) is 1.73. The third-order valence-corrected chi connectivity index (χ3v) is 2.87. The average Bonchev–Trinajstić information content (AvgIpc) is 2.52. The monoisotopic (exact) mass is 339 g/mol. The zero-order valence-corrected chi connectivity index (χ0v) is 13.4. The van der Waals surface area contributed by atoms with Gasteiger partial charge in [-0.1, -0.05) is 20.8 Å². The number of aliphatic hydroxyl groups excluding tert-OH is 2. The van der Waals surface area contributed by atoms with Gasteiger partial charge in [0.15, 0.2) is 5.69 Å². The summed E-state index contributed by atoms with van der Waals surface area (Å²) in [7, 11) is 0. The van der Waals surface area contributed by atoms with Gasteiger partial charge >= 0.3 is 6.18 Å². The van der Waals surface area contributed by atoms with E-state index in [4.69, 9.17) is 15.6 Å². The molecule has 3 unspecified atom stereocenters. The van der Waals surface area contributed by atoms with Gasteiger partial charge in [-0.2, -0.15) is 13.2 Å². The summed E-state index contributed by atoms with van der Waals surface area (Å²) < 4.78 is 40.6. The van der Waals surface area contributed by atoms with Crippen molar-refractivity contribution in [2.24, 2.45) is 0 Å². The number of aromatic nitrogens is 2. The summed E-state index contributed by atoms with van der Waals surface area (Å²) in [6.07, 6.45) is -2.91. The highest BCUT2D eigenvalue weighted by atomic mass is 19.4. The van der Waals surface area contributed by atoms with Gasteiger partial charge in [-0.25, -0.2) is 4.98 Å². The average molecular weight is 339 g/mol. The topological polar surface area (TPSA) is 101 Å². The van der Waals surface area contributed by atoms with Crippen LogP contribution in [0.25, 0.3) is 0 Å². The van der Waals surface area contributed by atoms with Crippen molar-refractivity contribution < 1.29 is 28.1 Å². The predicted octanol–water partition coefficient (Wildman–Crippen LogP) is 2.01. The van der Waals surface area contributed by atoms with Gasteiger partial charge in [0.1, 0.15) is 11.9 Å². The van der Waals surface area contributed by atoms with Gasteiger partial charge in [0.25, 0.3) is 0 Å². The summed E-state index contributed by atoms with van der Waals surface area (Å²) in [6.45, 7) is 6.50. The third kappa shape index (κ3) is 7.58. The molecule has 6 nitrogen and oxygen atoms in total. The molecule has 23 heavy (non-hydrogen) atoms. The molecular formula is C14H24F3N3O3. The number of anilines is 1. The third-order valence-electron chi connectivity index (χ3n) is 2.87. The van der Waals surface area contributed by atoms with Gasteiger partial charge < -0.3 is 20.7 Å². The van der Waals surface area contributed by atoms with E-state index in [9.17, 15) is 18.3 Å². The van der Waals surface area contributed by atoms with Gasteiger partial charge in [-0.3, -0.25) is 4.98 Å². The number of hydrogen-bond donors (Lipinski definition) is 3. The molecule has 0 saturated carbocycles. The summed E-state index contributed by atoms with van der Waals surface area (Å²) in [5.74, 6) is -0.236. The standard InChI is InChI=1S/C7H14O3.C5H4F3N3.C2H6/c1-2-6-7(9)5(8)3-4-10-6;6-5(7,8)3-1-10-2-4(9)11-3;1-2/h5-9H,2-4H2,1H3;1-2H,(H2,9,11);1-2H3. The first-order valence-corrected chi connectivity index (χ1v) is 7.38. The molecule has 1 saturated heterocycles. The maximum atomic E-state index is 11.8. The van der Waals surface area contributed by atoms with Crippen LogP contribution in [0.15, 0.2) is 12.4 Å². The molecule has 3 atom stereocenters. The van der Waals surface area contributed by atoms with Crippen LogP contribution in [0.3, 0.4) is 0 Å². The van der Waals surface area contributed by atoms with Crippen molar-refractivity contribution in [1.29, 1.82) is 0 Å². The Bertz CT molecular complexity index is 447. The molecular weight excluding hydrogens is 315 g/mol. The molecule has 1 aliphatic rings. The van der Waals surface area contributed by atoms with Crippen molar-refractivity contribution in [2.45, 2.75) is 58.1 Å². The fraction of sp³-hybridized carbons (Fsp3) is 0.714. The molecule has 134 valence electrons. The van der Waals surface area contributed by atoms with Gasteiger partial charge in [-0.15, -0.1) is 0 Å². The van der Waals surface area contributed by atoms with E-state index in [0.717, 1.165) is 12.6 Å². The maximum Gasteiger partial charge on any atom is 0.434 e. The Balaban J connectivity index is 0.000000381. The molecule has 4 N–H and O–H groups in total. The summed E-state index contributed by atoms with van der Waals surface area (Å²) in [5, 5.41) is 18.4. The van der Waals surface area contributed by atoms with E-state index in [1.54, 1.807) is 0 Å². The Morgan fingerprint density at radius 3 is 2.30 bits per heavy atom. The normalized spacial score (nSPS) is 23.9. The van der Waals surface area contributed by atoms with E-state index in [0.29, 0.717) is 19.2 Å². The number of aliphatic hydroxyl groups is 2. The van der Waals surface area contributed by atoms with Crippen LogP contribution in [0.2, 0.25) is 0 Å². The van der Waals surface area contributed by atoms with Crippen molar-refractivity contribution in [2.75, 3.05) is 12.3 Å². The van der Waals surface area contributed by atoms with Crippen molar-refractivity contribution in [1.82, 2.24) is 9.97 Å². The number of nitrogens with zero attached hydrogens (tertiary/aromatic N) is 2. The van der Waals surface area contributed by atoms with E-state index < -0.39 is 24.1 Å². The van der Waals surface area contributed by atoms with Crippen LogP contribution in [0, 0.1) is 0 Å². The Labute approximate surface area is 133 Å². The van der Waals surface area contributed by atoms with E-state index in [1.165, 1.54) is 0 Å². The zero-order valence-electron chi connectivity index (χ0n) is 13.4. The number of ether oxygens (including phenoxy) is 1. The molecule has 0 aromatic carbocycles. The minimum atomic E-state index is -4.47. The molecule has 2 rings (SSSR count). The lowest BCUT2D eigenvalue weighted by molar-refractivity contribution is -0.141. The second kappa shape index (κ2) is 10.3. The highest BCUT2D eigenvalue weighted by molar-refractivity contribution is 5.24. The Hall–Kier alpha value is -1.45. The maximum absolute atomic E-state index is 11.8. The van der Waals surface area contributed by atoms with E-state index >= 15 is 0 Å². The predicted molar refractivity (Wildman–Crippen MR) is 79.5 cm³/mol. The van der Waals surface area contributed by atoms with E-state index in [-0.39, 0.29) is 11.9 Å². The number of nitrogens with two attached hydrogens (primary N) is 1. The molecule has 1 aromatic heterocycles. The van der Waals surface area contributed by atoms with Gasteiger partial charge in [-0.05, 0) is 12.8 Å². The largest absolute Gasteiger partial charge is 0.434 e. The Morgan fingerprint density at radius 1 is 1.30 bits per heavy atom. The molecule has 0 aliphatic carbocycles. The number of nitrogen functional groups attached to an aromatic ring is 1. The van der Waals surface area contributed by atoms with E-state index in [1.807, 2.05) is 20.8 Å². The fourth-order valence-electron chi connectivity index (χ4n) is 1.73. The Morgan fingerprint density at radius 2 is 1.91 bits per heavy atom. The molecule has 0 radical (unpaired) electrons. The molecule has 0 bridgehead atoms. The van der Waals surface area contributed by atoms with Gasteiger partial charge in [0.2, 0.25) is 0 Å². The van der Waals surface area contributed by atoms with Crippen molar-refractivity contribution in [3.05, 3.63) is 18.1 Å². The summed E-state index contributed by atoms with van der Waals surface area (Å²) >= 11 is 0. The first kappa shape index (κ1) is 21.6. The number of halogens is 3. The Kier molecular flexibility index (Phi) is 9.70. The van der Waals surface area contributed by atoms with Gasteiger partial charge in [0.05, 0.1) is 24.6 Å². The highest BCUT2D eigenvalue weighted by Crippen LogP contribution is 2.26. The number of hydrogen-bond acceptors (Lipinski definition) is 6. The molecule has 2 heterocycles. The summed E-state index contributed by atoms with van der Waals surface area (Å²) in [5.41, 5.74) is 3.91. The SMILES string of the molecule is CC.CCC1OCCC(O)C1O.Nc1cncc(C(F)(F)F)n1. The molecule has 1 aliphatic heterocycles. The van der Waals surface area contributed by atoms with Crippen molar-refractivity contribution in [3.63, 3.8) is 0 Å². The first-order chi connectivity index (χ1) is 10.8. The lowest BCUT2D eigenvalue weighted by atomic mass is 10.0. The number of rotatable bonds is 1. The zero-order chi connectivity index (χ0) is 18.0. The molecule has 1 aromatic rings. The molecule has 9 heteroatoms. The lowest BCUT2D eigenvalue weighted by Gasteiger charge is -2.31. The van der Waals surface area contributed by atoms with Crippen molar-refractivity contribution >= 4 is 5.82 Å². The van der Waals surface area contributed by atoms with Crippen LogP contribution in [0.5, 0.6) is 0 Å². The first-order valence-electron chi connectivity index (χ1n) is 7.38. The van der Waals surface area contributed by atoms with E-state index in [2.05, 4.69) is 9.97 Å². The van der Waals surface area contributed by atoms with Crippen LogP contribution in [-0.4, -0.2) is 45.1 Å².